The van der Waals surface area contributed by atoms with Gasteiger partial charge in [0.25, 0.3) is 0 Å². The Hall–Kier alpha value is -2.62. The van der Waals surface area contributed by atoms with E-state index in [2.05, 4.69) is 5.32 Å². The smallest absolute Gasteiger partial charge is 0.408 e. The van der Waals surface area contributed by atoms with Crippen LogP contribution in [0.25, 0.3) is 0 Å². The summed E-state index contributed by atoms with van der Waals surface area (Å²) in [6.07, 6.45) is 0.837. The number of fused-ring (bicyclic) bond motifs is 1. The third kappa shape index (κ3) is 3.17. The zero-order valence-corrected chi connectivity index (χ0v) is 12.1. The highest BCUT2D eigenvalue weighted by atomic mass is 16.5. The first kappa shape index (κ1) is 14.3. The fourth-order valence-corrected chi connectivity index (χ4v) is 2.64. The van der Waals surface area contributed by atoms with E-state index in [0.717, 1.165) is 17.5 Å². The predicted molar refractivity (Wildman–Crippen MR) is 82.6 cm³/mol. The summed E-state index contributed by atoms with van der Waals surface area (Å²) in [6, 6.07) is 16.5. The monoisotopic (exact) mass is 295 g/mol. The van der Waals surface area contributed by atoms with Crippen LogP contribution in [0.1, 0.15) is 27.9 Å². The summed E-state index contributed by atoms with van der Waals surface area (Å²) < 4.78 is 5.16. The van der Waals surface area contributed by atoms with Gasteiger partial charge in [0.05, 0.1) is 6.04 Å². The first-order valence-corrected chi connectivity index (χ1v) is 7.33. The van der Waals surface area contributed by atoms with Gasteiger partial charge in [-0.2, -0.15) is 0 Å². The number of hydrogen-bond acceptors (Lipinski definition) is 3. The predicted octanol–water partition coefficient (Wildman–Crippen LogP) is 3.11. The minimum Gasteiger partial charge on any atom is -0.445 e. The standard InChI is InChI=1S/C18H17NO3/c20-17-15-9-5-4-8-14(15)10-11-16(17)19-18(21)22-12-13-6-2-1-3-7-13/h1-9,16H,10-12H2,(H,19,21). The van der Waals surface area contributed by atoms with Gasteiger partial charge in [0.15, 0.2) is 5.78 Å². The molecule has 3 rings (SSSR count). The third-order valence-electron chi connectivity index (χ3n) is 3.81. The lowest BCUT2D eigenvalue weighted by Gasteiger charge is -2.23. The highest BCUT2D eigenvalue weighted by molar-refractivity contribution is 6.03. The van der Waals surface area contributed by atoms with E-state index in [9.17, 15) is 9.59 Å². The second kappa shape index (κ2) is 6.43. The van der Waals surface area contributed by atoms with Crippen LogP contribution in [-0.4, -0.2) is 17.9 Å². The van der Waals surface area contributed by atoms with Gasteiger partial charge in [-0.25, -0.2) is 4.79 Å². The number of carbonyl (C=O) groups is 2. The molecule has 0 aliphatic heterocycles. The molecule has 0 radical (unpaired) electrons. The molecule has 4 heteroatoms. The second-order valence-corrected chi connectivity index (χ2v) is 5.32. The van der Waals surface area contributed by atoms with Crippen LogP contribution in [-0.2, 0) is 17.8 Å². The van der Waals surface area contributed by atoms with Crippen molar-refractivity contribution < 1.29 is 14.3 Å². The Balaban J connectivity index is 1.57. The number of ether oxygens (including phenoxy) is 1. The number of amides is 1. The number of aryl methyl sites for hydroxylation is 1. The molecule has 112 valence electrons. The van der Waals surface area contributed by atoms with Crippen LogP contribution in [0.5, 0.6) is 0 Å². The van der Waals surface area contributed by atoms with Gasteiger partial charge >= 0.3 is 6.09 Å². The Kier molecular flexibility index (Phi) is 4.19. The zero-order chi connectivity index (χ0) is 15.4. The largest absolute Gasteiger partial charge is 0.445 e. The maximum Gasteiger partial charge on any atom is 0.408 e. The maximum absolute atomic E-state index is 12.4. The molecule has 2 aromatic carbocycles. The zero-order valence-electron chi connectivity index (χ0n) is 12.1. The fourth-order valence-electron chi connectivity index (χ4n) is 2.64. The average Bonchev–Trinajstić information content (AvgIpc) is 2.57. The molecule has 1 aliphatic rings. The van der Waals surface area contributed by atoms with Gasteiger partial charge in [0, 0.05) is 5.56 Å². The number of Topliss-reactive ketones (excluding diaryl/α,β-unsaturated/α-hetero) is 1. The van der Waals surface area contributed by atoms with Crippen LogP contribution in [0.4, 0.5) is 4.79 Å². The number of ketones is 1. The number of alkyl carbamates (subject to hydrolysis) is 1. The Morgan fingerprint density at radius 1 is 1.09 bits per heavy atom. The van der Waals surface area contributed by atoms with Crippen molar-refractivity contribution in [2.24, 2.45) is 0 Å². The third-order valence-corrected chi connectivity index (χ3v) is 3.81. The first-order chi connectivity index (χ1) is 10.7. The van der Waals surface area contributed by atoms with E-state index in [4.69, 9.17) is 4.74 Å². The van der Waals surface area contributed by atoms with Crippen LogP contribution in [0.15, 0.2) is 54.6 Å². The molecule has 22 heavy (non-hydrogen) atoms. The SMILES string of the molecule is O=C(NC1CCc2ccccc2C1=O)OCc1ccccc1. The van der Waals surface area contributed by atoms with Crippen molar-refractivity contribution >= 4 is 11.9 Å². The first-order valence-electron chi connectivity index (χ1n) is 7.33. The minimum atomic E-state index is -0.554. The van der Waals surface area contributed by atoms with Gasteiger partial charge in [-0.15, -0.1) is 0 Å². The second-order valence-electron chi connectivity index (χ2n) is 5.32. The summed E-state index contributed by atoms with van der Waals surface area (Å²) in [6.45, 7) is 0.199. The van der Waals surface area contributed by atoms with Gasteiger partial charge in [-0.3, -0.25) is 4.79 Å². The molecule has 0 fully saturated rings. The van der Waals surface area contributed by atoms with E-state index in [1.54, 1.807) is 6.07 Å². The molecule has 0 spiro atoms. The molecule has 1 atom stereocenters. The normalized spacial score (nSPS) is 16.7. The fraction of sp³-hybridized carbons (Fsp3) is 0.222. The molecule has 1 N–H and O–H groups in total. The van der Waals surface area contributed by atoms with Gasteiger partial charge in [-0.1, -0.05) is 54.6 Å². The quantitative estimate of drug-likeness (QED) is 0.946. The van der Waals surface area contributed by atoms with Crippen molar-refractivity contribution in [1.29, 1.82) is 0 Å². The lowest BCUT2D eigenvalue weighted by atomic mass is 9.87. The van der Waals surface area contributed by atoms with Crippen molar-refractivity contribution in [3.05, 3.63) is 71.3 Å². The Labute approximate surface area is 129 Å². The Morgan fingerprint density at radius 3 is 2.64 bits per heavy atom. The number of hydrogen-bond donors (Lipinski definition) is 1. The summed E-state index contributed by atoms with van der Waals surface area (Å²) in [5, 5.41) is 2.67. The van der Waals surface area contributed by atoms with E-state index in [1.165, 1.54) is 0 Å². The molecule has 1 amide bonds. The van der Waals surface area contributed by atoms with E-state index >= 15 is 0 Å². The number of carbonyl (C=O) groups excluding carboxylic acids is 2. The van der Waals surface area contributed by atoms with Gasteiger partial charge in [0.2, 0.25) is 0 Å². The number of rotatable bonds is 3. The Morgan fingerprint density at radius 2 is 1.82 bits per heavy atom. The van der Waals surface area contributed by atoms with E-state index < -0.39 is 12.1 Å². The molecular formula is C18H17NO3. The maximum atomic E-state index is 12.4. The number of nitrogens with one attached hydrogen (secondary N) is 1. The van der Waals surface area contributed by atoms with Gasteiger partial charge in [0.1, 0.15) is 6.61 Å². The molecule has 1 unspecified atom stereocenters. The Bertz CT molecular complexity index is 682. The topological polar surface area (TPSA) is 55.4 Å². The van der Waals surface area contributed by atoms with Crippen LogP contribution in [0.2, 0.25) is 0 Å². The number of benzene rings is 2. The highest BCUT2D eigenvalue weighted by Gasteiger charge is 2.28. The molecular weight excluding hydrogens is 278 g/mol. The molecule has 0 saturated heterocycles. The molecule has 0 saturated carbocycles. The van der Waals surface area contributed by atoms with Crippen molar-refractivity contribution in [3.63, 3.8) is 0 Å². The van der Waals surface area contributed by atoms with Crippen LogP contribution in [0, 0.1) is 0 Å². The molecule has 0 bridgehead atoms. The lowest BCUT2D eigenvalue weighted by molar-refractivity contribution is 0.0901. The molecule has 1 aliphatic carbocycles. The van der Waals surface area contributed by atoms with E-state index in [0.29, 0.717) is 12.0 Å². The molecule has 2 aromatic rings. The van der Waals surface area contributed by atoms with Crippen LogP contribution < -0.4 is 5.32 Å². The van der Waals surface area contributed by atoms with Crippen LogP contribution >= 0.6 is 0 Å². The average molecular weight is 295 g/mol. The van der Waals surface area contributed by atoms with Gasteiger partial charge in [-0.05, 0) is 24.0 Å². The van der Waals surface area contributed by atoms with E-state index in [-0.39, 0.29) is 12.4 Å². The summed E-state index contributed by atoms with van der Waals surface area (Å²) in [4.78, 5) is 24.2. The van der Waals surface area contributed by atoms with Crippen molar-refractivity contribution in [1.82, 2.24) is 5.32 Å². The summed E-state index contributed by atoms with van der Waals surface area (Å²) in [5.41, 5.74) is 2.66. The van der Waals surface area contributed by atoms with E-state index in [1.807, 2.05) is 48.5 Å². The summed E-state index contributed by atoms with van der Waals surface area (Å²) in [7, 11) is 0. The molecule has 0 heterocycles. The van der Waals surface area contributed by atoms with Crippen molar-refractivity contribution in [2.45, 2.75) is 25.5 Å². The summed E-state index contributed by atoms with van der Waals surface area (Å²) in [5.74, 6) is -0.0430. The van der Waals surface area contributed by atoms with Crippen LogP contribution in [0.3, 0.4) is 0 Å². The van der Waals surface area contributed by atoms with Crippen molar-refractivity contribution in [3.8, 4) is 0 Å². The highest BCUT2D eigenvalue weighted by Crippen LogP contribution is 2.21. The minimum absolute atomic E-state index is 0.0430. The molecule has 0 aromatic heterocycles. The molecule has 4 nitrogen and oxygen atoms in total. The lowest BCUT2D eigenvalue weighted by Crippen LogP contribution is -2.43. The van der Waals surface area contributed by atoms with Gasteiger partial charge < -0.3 is 10.1 Å². The summed E-state index contributed by atoms with van der Waals surface area (Å²) >= 11 is 0. The van der Waals surface area contributed by atoms with Crippen molar-refractivity contribution in [2.75, 3.05) is 0 Å².